The van der Waals surface area contributed by atoms with Crippen LogP contribution < -0.4 is 0 Å². The number of carboxylic acid groups (broad SMARTS) is 1. The second-order valence-electron chi connectivity index (χ2n) is 5.20. The van der Waals surface area contributed by atoms with Crippen LogP contribution in [0.1, 0.15) is 29.9 Å². The van der Waals surface area contributed by atoms with Gasteiger partial charge in [0.1, 0.15) is 6.61 Å². The first-order valence-electron chi connectivity index (χ1n) is 7.21. The molecule has 0 aliphatic rings. The van der Waals surface area contributed by atoms with Gasteiger partial charge in [-0.15, -0.1) is 0 Å². The highest BCUT2D eigenvalue weighted by Gasteiger charge is 2.20. The summed E-state index contributed by atoms with van der Waals surface area (Å²) in [5.41, 5.74) is 1.65. The van der Waals surface area contributed by atoms with E-state index in [-0.39, 0.29) is 19.4 Å². The summed E-state index contributed by atoms with van der Waals surface area (Å²) in [5, 5.41) is 9.61. The highest BCUT2D eigenvalue weighted by atomic mass is 35.5. The van der Waals surface area contributed by atoms with Gasteiger partial charge in [0.2, 0.25) is 0 Å². The van der Waals surface area contributed by atoms with Crippen molar-refractivity contribution in [3.63, 3.8) is 0 Å². The molecule has 120 valence electrons. The van der Waals surface area contributed by atoms with Crippen LogP contribution in [0.25, 0.3) is 0 Å². The molecule has 0 aromatic heterocycles. The van der Waals surface area contributed by atoms with E-state index in [1.54, 1.807) is 24.3 Å². The summed E-state index contributed by atoms with van der Waals surface area (Å²) in [6, 6.07) is 16.2. The number of hydrogen-bond donors (Lipinski definition) is 1. The number of ether oxygens (including phenoxy) is 1. The van der Waals surface area contributed by atoms with Gasteiger partial charge in [-0.1, -0.05) is 54.1 Å². The zero-order valence-corrected chi connectivity index (χ0v) is 13.2. The van der Waals surface area contributed by atoms with E-state index in [2.05, 4.69) is 0 Å². The topological polar surface area (TPSA) is 63.6 Å². The Morgan fingerprint density at radius 3 is 2.26 bits per heavy atom. The maximum absolute atomic E-state index is 12.0. The summed E-state index contributed by atoms with van der Waals surface area (Å²) in [6.07, 6.45) is -0.122. The molecule has 2 rings (SSSR count). The SMILES string of the molecule is O=C(O)C[C@H](CC(=O)OCc1ccccc1)c1ccc(Cl)cc1. The smallest absolute Gasteiger partial charge is 0.306 e. The third kappa shape index (κ3) is 5.75. The average molecular weight is 333 g/mol. The lowest BCUT2D eigenvalue weighted by Gasteiger charge is -2.15. The number of esters is 1. The van der Waals surface area contributed by atoms with Gasteiger partial charge in [0.05, 0.1) is 12.8 Å². The molecule has 0 radical (unpaired) electrons. The largest absolute Gasteiger partial charge is 0.481 e. The molecule has 0 saturated heterocycles. The van der Waals surface area contributed by atoms with E-state index in [4.69, 9.17) is 21.4 Å². The van der Waals surface area contributed by atoms with Gasteiger partial charge < -0.3 is 9.84 Å². The van der Waals surface area contributed by atoms with Crippen molar-refractivity contribution in [2.45, 2.75) is 25.4 Å². The average Bonchev–Trinajstić information content (AvgIpc) is 2.53. The Balaban J connectivity index is 1.98. The molecule has 0 aliphatic carbocycles. The molecule has 0 unspecified atom stereocenters. The number of carbonyl (C=O) groups is 2. The Bertz CT molecular complexity index is 652. The minimum atomic E-state index is -0.958. The van der Waals surface area contributed by atoms with Crippen molar-refractivity contribution in [2.24, 2.45) is 0 Å². The Morgan fingerprint density at radius 2 is 1.65 bits per heavy atom. The fourth-order valence-electron chi connectivity index (χ4n) is 2.25. The molecular weight excluding hydrogens is 316 g/mol. The molecule has 0 bridgehead atoms. The van der Waals surface area contributed by atoms with Crippen LogP contribution in [-0.2, 0) is 20.9 Å². The molecule has 23 heavy (non-hydrogen) atoms. The third-order valence-corrected chi connectivity index (χ3v) is 3.67. The lowest BCUT2D eigenvalue weighted by atomic mass is 9.92. The van der Waals surface area contributed by atoms with Crippen LogP contribution in [0.4, 0.5) is 0 Å². The van der Waals surface area contributed by atoms with Crippen LogP contribution in [0, 0.1) is 0 Å². The van der Waals surface area contributed by atoms with Crippen molar-refractivity contribution in [1.82, 2.24) is 0 Å². The van der Waals surface area contributed by atoms with Crippen LogP contribution >= 0.6 is 11.6 Å². The number of hydrogen-bond acceptors (Lipinski definition) is 3. The third-order valence-electron chi connectivity index (χ3n) is 3.42. The van der Waals surface area contributed by atoms with Gasteiger partial charge in [0.15, 0.2) is 0 Å². The number of aliphatic carboxylic acids is 1. The van der Waals surface area contributed by atoms with Crippen LogP contribution in [-0.4, -0.2) is 17.0 Å². The van der Waals surface area contributed by atoms with Gasteiger partial charge in [-0.25, -0.2) is 0 Å². The van der Waals surface area contributed by atoms with E-state index in [0.29, 0.717) is 5.02 Å². The zero-order chi connectivity index (χ0) is 16.7. The second-order valence-corrected chi connectivity index (χ2v) is 5.63. The van der Waals surface area contributed by atoms with Crippen LogP contribution in [0.15, 0.2) is 54.6 Å². The Hall–Kier alpha value is -2.33. The highest BCUT2D eigenvalue weighted by Crippen LogP contribution is 2.25. The quantitative estimate of drug-likeness (QED) is 0.777. The summed E-state index contributed by atoms with van der Waals surface area (Å²) < 4.78 is 5.23. The molecule has 4 nitrogen and oxygen atoms in total. The molecule has 1 atom stereocenters. The number of carboxylic acids is 1. The summed E-state index contributed by atoms with van der Waals surface area (Å²) >= 11 is 5.84. The molecule has 2 aromatic rings. The molecule has 0 amide bonds. The van der Waals surface area contributed by atoms with Crippen molar-refractivity contribution in [3.05, 3.63) is 70.7 Å². The van der Waals surface area contributed by atoms with Crippen LogP contribution in [0.3, 0.4) is 0 Å². The van der Waals surface area contributed by atoms with Crippen molar-refractivity contribution in [1.29, 1.82) is 0 Å². The lowest BCUT2D eigenvalue weighted by Crippen LogP contribution is -2.14. The first-order valence-corrected chi connectivity index (χ1v) is 7.59. The maximum atomic E-state index is 12.0. The van der Waals surface area contributed by atoms with Crippen LogP contribution in [0.2, 0.25) is 5.02 Å². The van der Waals surface area contributed by atoms with E-state index < -0.39 is 17.9 Å². The number of benzene rings is 2. The molecule has 0 aliphatic heterocycles. The van der Waals surface area contributed by atoms with Crippen molar-refractivity contribution >= 4 is 23.5 Å². The summed E-state index contributed by atoms with van der Waals surface area (Å²) in [4.78, 5) is 23.0. The van der Waals surface area contributed by atoms with Gasteiger partial charge in [-0.3, -0.25) is 9.59 Å². The van der Waals surface area contributed by atoms with Crippen molar-refractivity contribution < 1.29 is 19.4 Å². The summed E-state index contributed by atoms with van der Waals surface area (Å²) in [7, 11) is 0. The monoisotopic (exact) mass is 332 g/mol. The minimum absolute atomic E-state index is 0.0146. The first kappa shape index (κ1) is 17.0. The van der Waals surface area contributed by atoms with Gasteiger partial charge in [0, 0.05) is 10.9 Å². The fraction of sp³-hybridized carbons (Fsp3) is 0.222. The van der Waals surface area contributed by atoms with Crippen molar-refractivity contribution in [2.75, 3.05) is 0 Å². The first-order chi connectivity index (χ1) is 11.0. The van der Waals surface area contributed by atoms with E-state index in [1.807, 2.05) is 30.3 Å². The van der Waals surface area contributed by atoms with E-state index in [0.717, 1.165) is 11.1 Å². The Morgan fingerprint density at radius 1 is 1.00 bits per heavy atom. The maximum Gasteiger partial charge on any atom is 0.306 e. The highest BCUT2D eigenvalue weighted by molar-refractivity contribution is 6.30. The van der Waals surface area contributed by atoms with Gasteiger partial charge in [-0.2, -0.15) is 0 Å². The molecule has 0 saturated carbocycles. The Labute approximate surface area is 139 Å². The number of rotatable bonds is 7. The molecule has 5 heteroatoms. The molecule has 0 heterocycles. The van der Waals surface area contributed by atoms with Gasteiger partial charge in [0.25, 0.3) is 0 Å². The molecule has 0 fully saturated rings. The standard InChI is InChI=1S/C18H17ClO4/c19-16-8-6-14(7-9-16)15(10-17(20)21)11-18(22)23-12-13-4-2-1-3-5-13/h1-9,15H,10-12H2,(H,20,21)/t15-/m1/s1. The Kier molecular flexibility index (Phi) is 6.18. The molecular formula is C18H17ClO4. The van der Waals surface area contributed by atoms with E-state index in [1.165, 1.54) is 0 Å². The van der Waals surface area contributed by atoms with Crippen molar-refractivity contribution in [3.8, 4) is 0 Å². The molecule has 2 aromatic carbocycles. The number of halogens is 1. The molecule has 0 spiro atoms. The number of carbonyl (C=O) groups excluding carboxylic acids is 1. The van der Waals surface area contributed by atoms with Crippen LogP contribution in [0.5, 0.6) is 0 Å². The fourth-order valence-corrected chi connectivity index (χ4v) is 2.38. The normalized spacial score (nSPS) is 11.7. The summed E-state index contributed by atoms with van der Waals surface area (Å²) in [6.45, 7) is 0.181. The predicted octanol–water partition coefficient (Wildman–Crippen LogP) is 4.03. The van der Waals surface area contributed by atoms with Gasteiger partial charge >= 0.3 is 11.9 Å². The minimum Gasteiger partial charge on any atom is -0.481 e. The second kappa shape index (κ2) is 8.34. The van der Waals surface area contributed by atoms with Gasteiger partial charge in [-0.05, 0) is 23.3 Å². The van der Waals surface area contributed by atoms with E-state index in [9.17, 15) is 9.59 Å². The zero-order valence-electron chi connectivity index (χ0n) is 12.4. The molecule has 1 N–H and O–H groups in total. The van der Waals surface area contributed by atoms with E-state index >= 15 is 0 Å². The predicted molar refractivity (Wildman–Crippen MR) is 87.3 cm³/mol. The lowest BCUT2D eigenvalue weighted by molar-refractivity contribution is -0.145. The summed E-state index contributed by atoms with van der Waals surface area (Å²) in [5.74, 6) is -1.82.